The molecule has 0 aliphatic carbocycles. The zero-order valence-electron chi connectivity index (χ0n) is 9.48. The highest BCUT2D eigenvalue weighted by molar-refractivity contribution is 7.09. The van der Waals surface area contributed by atoms with Gasteiger partial charge in [0.15, 0.2) is 0 Å². The van der Waals surface area contributed by atoms with Crippen LogP contribution >= 0.6 is 11.3 Å². The number of thiophene rings is 1. The molecule has 0 aliphatic heterocycles. The summed E-state index contributed by atoms with van der Waals surface area (Å²) in [5.41, 5.74) is 0. The summed E-state index contributed by atoms with van der Waals surface area (Å²) in [5.74, 6) is 0.00695. The highest BCUT2D eigenvalue weighted by Crippen LogP contribution is 2.10. The molecule has 0 saturated carbocycles. The SMILES string of the molecule is CN(CC(=O)NCCCO)Cc1cccs1. The highest BCUT2D eigenvalue weighted by Gasteiger charge is 2.06. The zero-order valence-corrected chi connectivity index (χ0v) is 10.3. The molecule has 1 heterocycles. The molecule has 90 valence electrons. The minimum atomic E-state index is 0.00695. The van der Waals surface area contributed by atoms with E-state index in [4.69, 9.17) is 5.11 Å². The minimum Gasteiger partial charge on any atom is -0.396 e. The number of rotatable bonds is 7. The summed E-state index contributed by atoms with van der Waals surface area (Å²) < 4.78 is 0. The number of hydrogen-bond acceptors (Lipinski definition) is 4. The van der Waals surface area contributed by atoms with Crippen LogP contribution in [0.4, 0.5) is 0 Å². The first-order valence-corrected chi connectivity index (χ1v) is 6.19. The number of carbonyl (C=O) groups is 1. The molecule has 5 heteroatoms. The molecule has 1 aromatic rings. The van der Waals surface area contributed by atoms with Crippen molar-refractivity contribution in [3.63, 3.8) is 0 Å². The molecule has 16 heavy (non-hydrogen) atoms. The van der Waals surface area contributed by atoms with Crippen LogP contribution in [0.1, 0.15) is 11.3 Å². The largest absolute Gasteiger partial charge is 0.396 e. The second-order valence-corrected chi connectivity index (χ2v) is 4.71. The predicted octanol–water partition coefficient (Wildman–Crippen LogP) is 0.679. The minimum absolute atomic E-state index is 0.00695. The van der Waals surface area contributed by atoms with Crippen LogP contribution in [-0.2, 0) is 11.3 Å². The Morgan fingerprint density at radius 2 is 2.44 bits per heavy atom. The Hall–Kier alpha value is -0.910. The maximum atomic E-state index is 11.4. The summed E-state index contributed by atoms with van der Waals surface area (Å²) in [6, 6.07) is 4.07. The van der Waals surface area contributed by atoms with Crippen molar-refractivity contribution in [2.24, 2.45) is 0 Å². The summed E-state index contributed by atoms with van der Waals surface area (Å²) in [5, 5.41) is 13.4. The lowest BCUT2D eigenvalue weighted by Gasteiger charge is -2.15. The predicted molar refractivity (Wildman–Crippen MR) is 65.4 cm³/mol. The average Bonchev–Trinajstić information content (AvgIpc) is 2.70. The number of aliphatic hydroxyl groups is 1. The maximum Gasteiger partial charge on any atom is 0.234 e. The Balaban J connectivity index is 2.18. The van der Waals surface area contributed by atoms with E-state index in [0.717, 1.165) is 6.54 Å². The van der Waals surface area contributed by atoms with Gasteiger partial charge in [-0.05, 0) is 24.9 Å². The van der Waals surface area contributed by atoms with Crippen molar-refractivity contribution in [1.82, 2.24) is 10.2 Å². The molecule has 1 aromatic heterocycles. The lowest BCUT2D eigenvalue weighted by Crippen LogP contribution is -2.35. The van der Waals surface area contributed by atoms with E-state index in [1.165, 1.54) is 4.88 Å². The highest BCUT2D eigenvalue weighted by atomic mass is 32.1. The van der Waals surface area contributed by atoms with Crippen molar-refractivity contribution >= 4 is 17.2 Å². The number of amides is 1. The van der Waals surface area contributed by atoms with Gasteiger partial charge in [-0.2, -0.15) is 0 Å². The smallest absolute Gasteiger partial charge is 0.234 e. The van der Waals surface area contributed by atoms with Crippen LogP contribution in [0.5, 0.6) is 0 Å². The number of aliphatic hydroxyl groups excluding tert-OH is 1. The third-order valence-electron chi connectivity index (χ3n) is 2.08. The molecule has 0 radical (unpaired) electrons. The summed E-state index contributed by atoms with van der Waals surface area (Å²) in [6.07, 6.45) is 0.611. The number of nitrogens with zero attached hydrogens (tertiary/aromatic N) is 1. The summed E-state index contributed by atoms with van der Waals surface area (Å²) in [6.45, 7) is 1.85. The van der Waals surface area contributed by atoms with Gasteiger partial charge in [-0.25, -0.2) is 0 Å². The third kappa shape index (κ3) is 5.25. The standard InChI is InChI=1S/C11H18N2O2S/c1-13(8-10-4-2-7-16-10)9-11(15)12-5-3-6-14/h2,4,7,14H,3,5-6,8-9H2,1H3,(H,12,15). The van der Waals surface area contributed by atoms with Crippen molar-refractivity contribution in [2.45, 2.75) is 13.0 Å². The monoisotopic (exact) mass is 242 g/mol. The van der Waals surface area contributed by atoms with Crippen molar-refractivity contribution in [3.8, 4) is 0 Å². The van der Waals surface area contributed by atoms with Crippen LogP contribution in [-0.4, -0.2) is 42.7 Å². The van der Waals surface area contributed by atoms with Crippen LogP contribution in [0.25, 0.3) is 0 Å². The zero-order chi connectivity index (χ0) is 11.8. The summed E-state index contributed by atoms with van der Waals surface area (Å²) in [4.78, 5) is 14.7. The molecule has 0 saturated heterocycles. The topological polar surface area (TPSA) is 52.6 Å². The van der Waals surface area contributed by atoms with Gasteiger partial charge in [0.05, 0.1) is 6.54 Å². The fourth-order valence-corrected chi connectivity index (χ4v) is 2.12. The molecule has 0 aliphatic rings. The van der Waals surface area contributed by atoms with Gasteiger partial charge in [-0.1, -0.05) is 6.07 Å². The molecule has 1 amide bonds. The van der Waals surface area contributed by atoms with E-state index in [9.17, 15) is 4.79 Å². The number of likely N-dealkylation sites (N-methyl/N-ethyl adjacent to an activating group) is 1. The van der Waals surface area contributed by atoms with E-state index in [1.807, 2.05) is 23.4 Å². The Labute approximate surface area is 99.9 Å². The molecule has 0 spiro atoms. The molecular weight excluding hydrogens is 224 g/mol. The van der Waals surface area contributed by atoms with E-state index < -0.39 is 0 Å². The van der Waals surface area contributed by atoms with Crippen LogP contribution in [0.15, 0.2) is 17.5 Å². The molecular formula is C11H18N2O2S. The summed E-state index contributed by atoms with van der Waals surface area (Å²) >= 11 is 1.69. The van der Waals surface area contributed by atoms with Crippen LogP contribution in [0.3, 0.4) is 0 Å². The van der Waals surface area contributed by atoms with E-state index in [0.29, 0.717) is 19.5 Å². The third-order valence-corrected chi connectivity index (χ3v) is 2.94. The van der Waals surface area contributed by atoms with E-state index in [-0.39, 0.29) is 12.5 Å². The normalized spacial score (nSPS) is 10.7. The molecule has 1 rings (SSSR count). The van der Waals surface area contributed by atoms with Crippen molar-refractivity contribution in [3.05, 3.63) is 22.4 Å². The first kappa shape index (κ1) is 13.2. The van der Waals surface area contributed by atoms with Crippen molar-refractivity contribution < 1.29 is 9.90 Å². The van der Waals surface area contributed by atoms with E-state index in [1.54, 1.807) is 11.3 Å². The van der Waals surface area contributed by atoms with Crippen LogP contribution in [0.2, 0.25) is 0 Å². The average molecular weight is 242 g/mol. The lowest BCUT2D eigenvalue weighted by atomic mass is 10.4. The molecule has 0 unspecified atom stereocenters. The van der Waals surface area contributed by atoms with Crippen LogP contribution < -0.4 is 5.32 Å². The number of hydrogen-bond donors (Lipinski definition) is 2. The van der Waals surface area contributed by atoms with Crippen molar-refractivity contribution in [1.29, 1.82) is 0 Å². The van der Waals surface area contributed by atoms with Crippen LogP contribution in [0, 0.1) is 0 Å². The lowest BCUT2D eigenvalue weighted by molar-refractivity contribution is -0.122. The number of carbonyl (C=O) groups excluding carboxylic acids is 1. The quantitative estimate of drug-likeness (QED) is 0.691. The van der Waals surface area contributed by atoms with Gasteiger partial charge in [0.2, 0.25) is 5.91 Å². The first-order chi connectivity index (χ1) is 7.72. The second-order valence-electron chi connectivity index (χ2n) is 3.68. The Bertz CT molecular complexity index is 301. The van der Waals surface area contributed by atoms with Gasteiger partial charge in [0.25, 0.3) is 0 Å². The first-order valence-electron chi connectivity index (χ1n) is 5.31. The van der Waals surface area contributed by atoms with Crippen molar-refractivity contribution in [2.75, 3.05) is 26.7 Å². The molecule has 2 N–H and O–H groups in total. The Kier molecular flexibility index (Phi) is 6.07. The molecule has 0 fully saturated rings. The van der Waals surface area contributed by atoms with E-state index in [2.05, 4.69) is 11.4 Å². The van der Waals surface area contributed by atoms with Gasteiger partial charge in [-0.15, -0.1) is 11.3 Å². The van der Waals surface area contributed by atoms with Gasteiger partial charge < -0.3 is 10.4 Å². The fraction of sp³-hybridized carbons (Fsp3) is 0.545. The van der Waals surface area contributed by atoms with Gasteiger partial charge in [-0.3, -0.25) is 9.69 Å². The molecule has 0 aromatic carbocycles. The van der Waals surface area contributed by atoms with Gasteiger partial charge in [0, 0.05) is 24.6 Å². The molecule has 4 nitrogen and oxygen atoms in total. The van der Waals surface area contributed by atoms with Gasteiger partial charge >= 0.3 is 0 Å². The number of nitrogens with one attached hydrogen (secondary N) is 1. The van der Waals surface area contributed by atoms with E-state index >= 15 is 0 Å². The summed E-state index contributed by atoms with van der Waals surface area (Å²) in [7, 11) is 1.92. The second kappa shape index (κ2) is 7.38. The maximum absolute atomic E-state index is 11.4. The Morgan fingerprint density at radius 1 is 1.62 bits per heavy atom. The van der Waals surface area contributed by atoms with Gasteiger partial charge in [0.1, 0.15) is 0 Å². The molecule has 0 bridgehead atoms. The molecule has 0 atom stereocenters. The fourth-order valence-electron chi connectivity index (χ4n) is 1.33. The Morgan fingerprint density at radius 3 is 3.06 bits per heavy atom.